The first-order valence-electron chi connectivity index (χ1n) is 10.2. The predicted octanol–water partition coefficient (Wildman–Crippen LogP) is 2.72. The lowest BCUT2D eigenvalue weighted by Gasteiger charge is -2.34. The third kappa shape index (κ3) is 5.32. The zero-order valence-electron chi connectivity index (χ0n) is 18.8. The van der Waals surface area contributed by atoms with Crippen molar-refractivity contribution in [1.82, 2.24) is 9.80 Å². The van der Waals surface area contributed by atoms with E-state index in [1.54, 1.807) is 68.6 Å². The quantitative estimate of drug-likeness (QED) is 0.616. The fourth-order valence-corrected chi connectivity index (χ4v) is 3.47. The molecule has 0 atom stereocenters. The van der Waals surface area contributed by atoms with Crippen molar-refractivity contribution in [2.24, 2.45) is 0 Å². The number of hydrogen-bond donors (Lipinski definition) is 0. The van der Waals surface area contributed by atoms with Crippen LogP contribution in [0.2, 0.25) is 0 Å². The Hall–Kier alpha value is -3.68. The summed E-state index contributed by atoms with van der Waals surface area (Å²) in [5.74, 6) is 2.13. The number of ether oxygens (including phenoxy) is 4. The maximum Gasteiger partial charge on any atom is 0.254 e. The second-order valence-corrected chi connectivity index (χ2v) is 7.17. The fourth-order valence-electron chi connectivity index (χ4n) is 3.47. The first-order valence-corrected chi connectivity index (χ1v) is 10.2. The summed E-state index contributed by atoms with van der Waals surface area (Å²) in [6, 6.07) is 10.5. The Labute approximate surface area is 187 Å². The number of amides is 2. The second kappa shape index (κ2) is 10.6. The van der Waals surface area contributed by atoms with Gasteiger partial charge in [0, 0.05) is 43.9 Å². The topological polar surface area (TPSA) is 77.5 Å². The molecule has 0 bridgehead atoms. The van der Waals surface area contributed by atoms with Crippen molar-refractivity contribution < 1.29 is 28.5 Å². The molecule has 0 radical (unpaired) electrons. The van der Waals surface area contributed by atoms with Crippen LogP contribution in [0.1, 0.15) is 15.9 Å². The lowest BCUT2D eigenvalue weighted by Crippen LogP contribution is -2.50. The highest BCUT2D eigenvalue weighted by molar-refractivity contribution is 5.96. The van der Waals surface area contributed by atoms with Crippen molar-refractivity contribution in [3.05, 3.63) is 53.6 Å². The Morgan fingerprint density at radius 2 is 1.34 bits per heavy atom. The van der Waals surface area contributed by atoms with Gasteiger partial charge in [0.1, 0.15) is 11.5 Å². The summed E-state index contributed by atoms with van der Waals surface area (Å²) in [4.78, 5) is 29.0. The van der Waals surface area contributed by atoms with Crippen LogP contribution in [-0.4, -0.2) is 76.2 Å². The van der Waals surface area contributed by atoms with Crippen LogP contribution in [0.5, 0.6) is 23.0 Å². The van der Waals surface area contributed by atoms with E-state index >= 15 is 0 Å². The van der Waals surface area contributed by atoms with Gasteiger partial charge in [-0.25, -0.2) is 0 Å². The highest BCUT2D eigenvalue weighted by Crippen LogP contribution is 2.28. The van der Waals surface area contributed by atoms with Crippen molar-refractivity contribution in [3.63, 3.8) is 0 Å². The van der Waals surface area contributed by atoms with Gasteiger partial charge in [0.2, 0.25) is 5.91 Å². The van der Waals surface area contributed by atoms with E-state index in [1.165, 1.54) is 6.08 Å². The molecule has 8 nitrogen and oxygen atoms in total. The van der Waals surface area contributed by atoms with Gasteiger partial charge in [-0.3, -0.25) is 9.59 Å². The van der Waals surface area contributed by atoms with Crippen LogP contribution in [0.25, 0.3) is 6.08 Å². The molecule has 0 aliphatic carbocycles. The lowest BCUT2D eigenvalue weighted by molar-refractivity contribution is -0.127. The molecule has 1 fully saturated rings. The molecular formula is C24H28N2O6. The molecule has 8 heteroatoms. The molecule has 0 spiro atoms. The van der Waals surface area contributed by atoms with E-state index in [4.69, 9.17) is 18.9 Å². The molecule has 2 aromatic carbocycles. The summed E-state index contributed by atoms with van der Waals surface area (Å²) >= 11 is 0. The standard InChI is InChI=1S/C24H28N2O6/c1-29-19-14-18(15-20(16-19)30-2)24(28)26-11-9-25(10-12-26)23(27)8-6-17-5-7-21(31-3)22(13-17)32-4/h5-8,13-16H,9-12H2,1-4H3/b8-6+. The number of benzene rings is 2. The monoisotopic (exact) mass is 440 g/mol. The Morgan fingerprint density at radius 1 is 0.750 bits per heavy atom. The van der Waals surface area contributed by atoms with Gasteiger partial charge in [0.25, 0.3) is 5.91 Å². The number of methoxy groups -OCH3 is 4. The van der Waals surface area contributed by atoms with Crippen LogP contribution >= 0.6 is 0 Å². The summed E-state index contributed by atoms with van der Waals surface area (Å²) in [5, 5.41) is 0. The fraction of sp³-hybridized carbons (Fsp3) is 0.333. The number of nitrogens with zero attached hydrogens (tertiary/aromatic N) is 2. The minimum Gasteiger partial charge on any atom is -0.497 e. The number of hydrogen-bond acceptors (Lipinski definition) is 6. The molecule has 1 saturated heterocycles. The van der Waals surface area contributed by atoms with Crippen molar-refractivity contribution >= 4 is 17.9 Å². The van der Waals surface area contributed by atoms with Gasteiger partial charge in [0.05, 0.1) is 28.4 Å². The van der Waals surface area contributed by atoms with Gasteiger partial charge in [-0.05, 0) is 35.9 Å². The second-order valence-electron chi connectivity index (χ2n) is 7.17. The van der Waals surface area contributed by atoms with Crippen molar-refractivity contribution in [2.75, 3.05) is 54.6 Å². The third-order valence-corrected chi connectivity index (χ3v) is 5.30. The maximum absolute atomic E-state index is 12.9. The van der Waals surface area contributed by atoms with Crippen LogP contribution in [0.15, 0.2) is 42.5 Å². The first-order chi connectivity index (χ1) is 15.5. The third-order valence-electron chi connectivity index (χ3n) is 5.30. The molecule has 3 rings (SSSR count). The SMILES string of the molecule is COc1cc(OC)cc(C(=O)N2CCN(C(=O)/C=C/c3ccc(OC)c(OC)c3)CC2)c1. The van der Waals surface area contributed by atoms with Crippen LogP contribution < -0.4 is 18.9 Å². The van der Waals surface area contributed by atoms with Crippen LogP contribution in [-0.2, 0) is 4.79 Å². The summed E-state index contributed by atoms with van der Waals surface area (Å²) < 4.78 is 21.0. The van der Waals surface area contributed by atoms with Crippen molar-refractivity contribution in [3.8, 4) is 23.0 Å². The normalized spacial score (nSPS) is 13.8. The summed E-state index contributed by atoms with van der Waals surface area (Å²) in [7, 11) is 6.23. The minimum atomic E-state index is -0.116. The highest BCUT2D eigenvalue weighted by atomic mass is 16.5. The summed E-state index contributed by atoms with van der Waals surface area (Å²) in [6.07, 6.45) is 3.27. The predicted molar refractivity (Wildman–Crippen MR) is 121 cm³/mol. The molecule has 2 amide bonds. The van der Waals surface area contributed by atoms with Gasteiger partial charge in [-0.15, -0.1) is 0 Å². The molecule has 2 aromatic rings. The van der Waals surface area contributed by atoms with Gasteiger partial charge in [-0.1, -0.05) is 6.07 Å². The number of rotatable bonds is 7. The van der Waals surface area contributed by atoms with Crippen LogP contribution in [0.3, 0.4) is 0 Å². The van der Waals surface area contributed by atoms with Gasteiger partial charge < -0.3 is 28.7 Å². The van der Waals surface area contributed by atoms with E-state index in [0.29, 0.717) is 54.7 Å². The molecule has 0 aromatic heterocycles. The summed E-state index contributed by atoms with van der Waals surface area (Å²) in [5.41, 5.74) is 1.33. The van der Waals surface area contributed by atoms with Gasteiger partial charge >= 0.3 is 0 Å². The molecule has 1 aliphatic heterocycles. The average molecular weight is 440 g/mol. The minimum absolute atomic E-state index is 0.102. The molecule has 1 aliphatic rings. The van der Waals surface area contributed by atoms with E-state index in [9.17, 15) is 9.59 Å². The summed E-state index contributed by atoms with van der Waals surface area (Å²) in [6.45, 7) is 1.83. The van der Waals surface area contributed by atoms with Crippen LogP contribution in [0, 0.1) is 0 Å². The highest BCUT2D eigenvalue weighted by Gasteiger charge is 2.24. The number of carbonyl (C=O) groups is 2. The van der Waals surface area contributed by atoms with E-state index in [1.807, 2.05) is 12.1 Å². The molecule has 170 valence electrons. The Balaban J connectivity index is 1.60. The molecular weight excluding hydrogens is 412 g/mol. The van der Waals surface area contributed by atoms with Crippen molar-refractivity contribution in [2.45, 2.75) is 0 Å². The Kier molecular flexibility index (Phi) is 7.59. The zero-order chi connectivity index (χ0) is 23.1. The molecule has 0 unspecified atom stereocenters. The first kappa shape index (κ1) is 23.0. The number of carbonyl (C=O) groups excluding carboxylic acids is 2. The molecule has 1 heterocycles. The molecule has 0 N–H and O–H groups in total. The van der Waals surface area contributed by atoms with E-state index in [0.717, 1.165) is 5.56 Å². The average Bonchev–Trinajstić information content (AvgIpc) is 2.86. The van der Waals surface area contributed by atoms with E-state index in [2.05, 4.69) is 0 Å². The maximum atomic E-state index is 12.9. The largest absolute Gasteiger partial charge is 0.497 e. The smallest absolute Gasteiger partial charge is 0.254 e. The Morgan fingerprint density at radius 3 is 1.91 bits per heavy atom. The Bertz CT molecular complexity index is 974. The van der Waals surface area contributed by atoms with Gasteiger partial charge in [0.15, 0.2) is 11.5 Å². The number of piperazine rings is 1. The lowest BCUT2D eigenvalue weighted by atomic mass is 10.1. The van der Waals surface area contributed by atoms with E-state index < -0.39 is 0 Å². The van der Waals surface area contributed by atoms with E-state index in [-0.39, 0.29) is 11.8 Å². The molecule has 0 saturated carbocycles. The zero-order valence-corrected chi connectivity index (χ0v) is 18.8. The van der Waals surface area contributed by atoms with Gasteiger partial charge in [-0.2, -0.15) is 0 Å². The van der Waals surface area contributed by atoms with Crippen molar-refractivity contribution in [1.29, 1.82) is 0 Å². The molecule has 32 heavy (non-hydrogen) atoms. The van der Waals surface area contributed by atoms with Crippen LogP contribution in [0.4, 0.5) is 0 Å².